The zero-order valence-corrected chi connectivity index (χ0v) is 11.9. The first kappa shape index (κ1) is 13.5. The van der Waals surface area contributed by atoms with Crippen LogP contribution in [-0.2, 0) is 5.41 Å². The molecule has 1 N–H and O–H groups in total. The maximum atomic E-state index is 10.3. The predicted octanol–water partition coefficient (Wildman–Crippen LogP) is 3.66. The molecular formula is C15H19NO3. The Hall–Kier alpha value is -1.97. The minimum absolute atomic E-state index is 0.192. The van der Waals surface area contributed by atoms with E-state index in [0.29, 0.717) is 17.2 Å². The minimum Gasteiger partial charge on any atom is -0.507 e. The molecule has 4 nitrogen and oxygen atoms in total. The quantitative estimate of drug-likeness (QED) is 0.896. The highest BCUT2D eigenvalue weighted by atomic mass is 16.5. The van der Waals surface area contributed by atoms with Crippen molar-refractivity contribution in [2.24, 2.45) is 0 Å². The molecule has 0 fully saturated rings. The van der Waals surface area contributed by atoms with Crippen LogP contribution in [0.4, 0.5) is 0 Å². The molecule has 0 saturated carbocycles. The van der Waals surface area contributed by atoms with E-state index in [-0.39, 0.29) is 11.2 Å². The first-order chi connectivity index (χ1) is 8.82. The van der Waals surface area contributed by atoms with Crippen LogP contribution in [-0.4, -0.2) is 17.2 Å². The van der Waals surface area contributed by atoms with Crippen molar-refractivity contribution in [3.63, 3.8) is 0 Å². The number of phenolic OH excluding ortho intramolecular Hbond substituents is 1. The third-order valence-electron chi connectivity index (χ3n) is 2.92. The van der Waals surface area contributed by atoms with Gasteiger partial charge in [-0.25, -0.2) is 4.98 Å². The van der Waals surface area contributed by atoms with Crippen LogP contribution < -0.4 is 4.74 Å². The summed E-state index contributed by atoms with van der Waals surface area (Å²) in [6, 6.07) is 3.50. The summed E-state index contributed by atoms with van der Waals surface area (Å²) in [6.07, 6.45) is 1.65. The molecule has 0 atom stereocenters. The van der Waals surface area contributed by atoms with Crippen LogP contribution in [0.25, 0.3) is 11.5 Å². The number of ether oxygens (including phenoxy) is 1. The maximum Gasteiger partial charge on any atom is 0.226 e. The second-order valence-electron chi connectivity index (χ2n) is 5.60. The van der Waals surface area contributed by atoms with Gasteiger partial charge in [0.1, 0.15) is 17.3 Å². The highest BCUT2D eigenvalue weighted by Gasteiger charge is 2.24. The van der Waals surface area contributed by atoms with Gasteiger partial charge in [-0.15, -0.1) is 0 Å². The first-order valence-corrected chi connectivity index (χ1v) is 6.17. The standard InChI is InChI=1S/C15H19NO3/c1-9-8-16-14(19-9)10-6-11(17)13(15(2,3)4)12(7-10)18-5/h6-8,17H,1-5H3. The summed E-state index contributed by atoms with van der Waals surface area (Å²) in [7, 11) is 1.59. The molecule has 1 aromatic heterocycles. The van der Waals surface area contributed by atoms with E-state index < -0.39 is 0 Å². The molecule has 0 amide bonds. The minimum atomic E-state index is -0.208. The summed E-state index contributed by atoms with van der Waals surface area (Å²) in [5.41, 5.74) is 1.28. The zero-order chi connectivity index (χ0) is 14.2. The van der Waals surface area contributed by atoms with Crippen LogP contribution in [0.2, 0.25) is 0 Å². The molecule has 0 aliphatic carbocycles. The molecule has 19 heavy (non-hydrogen) atoms. The van der Waals surface area contributed by atoms with E-state index in [1.807, 2.05) is 33.8 Å². The van der Waals surface area contributed by atoms with Crippen molar-refractivity contribution in [1.82, 2.24) is 4.98 Å². The Morgan fingerprint density at radius 2 is 1.95 bits per heavy atom. The molecule has 102 valence electrons. The van der Waals surface area contributed by atoms with E-state index in [9.17, 15) is 5.11 Å². The largest absolute Gasteiger partial charge is 0.507 e. The zero-order valence-electron chi connectivity index (χ0n) is 11.9. The fourth-order valence-corrected chi connectivity index (χ4v) is 2.13. The molecular weight excluding hydrogens is 242 g/mol. The van der Waals surface area contributed by atoms with Crippen molar-refractivity contribution < 1.29 is 14.3 Å². The van der Waals surface area contributed by atoms with Gasteiger partial charge in [0, 0.05) is 11.1 Å². The highest BCUT2D eigenvalue weighted by molar-refractivity contribution is 5.64. The Kier molecular flexibility index (Phi) is 3.27. The molecule has 0 spiro atoms. The van der Waals surface area contributed by atoms with Gasteiger partial charge < -0.3 is 14.3 Å². The van der Waals surface area contributed by atoms with E-state index in [0.717, 1.165) is 11.3 Å². The van der Waals surface area contributed by atoms with Crippen molar-refractivity contribution in [3.8, 4) is 23.0 Å². The maximum absolute atomic E-state index is 10.3. The first-order valence-electron chi connectivity index (χ1n) is 6.17. The fourth-order valence-electron chi connectivity index (χ4n) is 2.13. The second-order valence-corrected chi connectivity index (χ2v) is 5.60. The van der Waals surface area contributed by atoms with E-state index in [1.165, 1.54) is 0 Å². The molecule has 2 rings (SSSR count). The number of oxazole rings is 1. The lowest BCUT2D eigenvalue weighted by atomic mass is 9.85. The number of aromatic hydroxyl groups is 1. The second kappa shape index (κ2) is 4.61. The summed E-state index contributed by atoms with van der Waals surface area (Å²) in [6.45, 7) is 7.91. The van der Waals surface area contributed by atoms with Gasteiger partial charge in [0.15, 0.2) is 0 Å². The summed E-state index contributed by atoms with van der Waals surface area (Å²) in [4.78, 5) is 4.16. The molecule has 0 bridgehead atoms. The van der Waals surface area contributed by atoms with Crippen LogP contribution >= 0.6 is 0 Å². The van der Waals surface area contributed by atoms with Crippen molar-refractivity contribution >= 4 is 0 Å². The number of aromatic nitrogens is 1. The molecule has 1 heterocycles. The summed E-state index contributed by atoms with van der Waals surface area (Å²) >= 11 is 0. The lowest BCUT2D eigenvalue weighted by Gasteiger charge is -2.23. The SMILES string of the molecule is COc1cc(-c2ncc(C)o2)cc(O)c1C(C)(C)C. The lowest BCUT2D eigenvalue weighted by molar-refractivity contribution is 0.381. The number of phenols is 1. The molecule has 1 aromatic carbocycles. The van der Waals surface area contributed by atoms with Crippen molar-refractivity contribution in [2.75, 3.05) is 7.11 Å². The summed E-state index contributed by atoms with van der Waals surface area (Å²) < 4.78 is 10.9. The van der Waals surface area contributed by atoms with Gasteiger partial charge in [-0.3, -0.25) is 0 Å². The summed E-state index contributed by atoms with van der Waals surface area (Å²) in [5.74, 6) is 2.04. The van der Waals surface area contributed by atoms with Crippen LogP contribution in [0, 0.1) is 6.92 Å². The Balaban J connectivity index is 2.60. The van der Waals surface area contributed by atoms with Gasteiger partial charge in [0.05, 0.1) is 13.3 Å². The van der Waals surface area contributed by atoms with E-state index >= 15 is 0 Å². The van der Waals surface area contributed by atoms with Crippen molar-refractivity contribution in [3.05, 3.63) is 29.7 Å². The van der Waals surface area contributed by atoms with Crippen molar-refractivity contribution in [2.45, 2.75) is 33.1 Å². The van der Waals surface area contributed by atoms with Gasteiger partial charge in [0.2, 0.25) is 5.89 Å². The average molecular weight is 261 g/mol. The Bertz CT molecular complexity index is 594. The molecule has 0 saturated heterocycles. The highest BCUT2D eigenvalue weighted by Crippen LogP contribution is 2.41. The number of methoxy groups -OCH3 is 1. The molecule has 2 aromatic rings. The normalized spacial score (nSPS) is 11.6. The van der Waals surface area contributed by atoms with E-state index in [1.54, 1.807) is 19.4 Å². The Morgan fingerprint density at radius 1 is 1.26 bits per heavy atom. The van der Waals surface area contributed by atoms with Crippen LogP contribution in [0.3, 0.4) is 0 Å². The molecule has 0 aliphatic heterocycles. The van der Waals surface area contributed by atoms with Gasteiger partial charge in [-0.2, -0.15) is 0 Å². The van der Waals surface area contributed by atoms with Crippen LogP contribution in [0.5, 0.6) is 11.5 Å². The smallest absolute Gasteiger partial charge is 0.226 e. The van der Waals surface area contributed by atoms with E-state index in [2.05, 4.69) is 4.98 Å². The number of nitrogens with zero attached hydrogens (tertiary/aromatic N) is 1. The van der Waals surface area contributed by atoms with E-state index in [4.69, 9.17) is 9.15 Å². The lowest BCUT2D eigenvalue weighted by Crippen LogP contribution is -2.13. The molecule has 0 unspecified atom stereocenters. The van der Waals surface area contributed by atoms with Gasteiger partial charge in [-0.05, 0) is 24.5 Å². The van der Waals surface area contributed by atoms with Crippen LogP contribution in [0.1, 0.15) is 32.1 Å². The number of hydrogen-bond acceptors (Lipinski definition) is 4. The van der Waals surface area contributed by atoms with Gasteiger partial charge >= 0.3 is 0 Å². The monoisotopic (exact) mass is 261 g/mol. The number of rotatable bonds is 2. The third kappa shape index (κ3) is 2.57. The Morgan fingerprint density at radius 3 is 2.42 bits per heavy atom. The topological polar surface area (TPSA) is 55.5 Å². The summed E-state index contributed by atoms with van der Waals surface area (Å²) in [5, 5.41) is 10.3. The average Bonchev–Trinajstić information content (AvgIpc) is 2.73. The number of hydrogen-bond donors (Lipinski definition) is 1. The van der Waals surface area contributed by atoms with Gasteiger partial charge in [-0.1, -0.05) is 20.8 Å². The number of aryl methyl sites for hydroxylation is 1. The van der Waals surface area contributed by atoms with Crippen molar-refractivity contribution in [1.29, 1.82) is 0 Å². The number of benzene rings is 1. The fraction of sp³-hybridized carbons (Fsp3) is 0.400. The molecule has 0 aliphatic rings. The molecule has 4 heteroatoms. The van der Waals surface area contributed by atoms with Gasteiger partial charge in [0.25, 0.3) is 0 Å². The predicted molar refractivity (Wildman–Crippen MR) is 73.6 cm³/mol. The van der Waals surface area contributed by atoms with Crippen LogP contribution in [0.15, 0.2) is 22.7 Å². The molecule has 0 radical (unpaired) electrons. The third-order valence-corrected chi connectivity index (χ3v) is 2.92. The Labute approximate surface area is 113 Å².